The average Bonchev–Trinajstić information content (AvgIpc) is 3.32. The smallest absolute Gasteiger partial charge is 0.339 e. The minimum absolute atomic E-state index is 0.356. The number of nitrogens with two attached hydrogens (primary N) is 1. The summed E-state index contributed by atoms with van der Waals surface area (Å²) in [4.78, 5) is 22.6. The zero-order chi connectivity index (χ0) is 19.6. The Labute approximate surface area is 165 Å². The van der Waals surface area contributed by atoms with Crippen LogP contribution in [0.5, 0.6) is 0 Å². The number of hydrogen-bond acceptors (Lipinski definition) is 8. The molecule has 2 aliphatic heterocycles. The number of benzene rings is 1. The largest absolute Gasteiger partial charge is 0.453 e. The van der Waals surface area contributed by atoms with Crippen LogP contribution < -0.4 is 10.6 Å². The van der Waals surface area contributed by atoms with E-state index in [1.165, 1.54) is 6.33 Å². The molecule has 3 aliphatic rings. The number of halogens is 1. The Bertz CT molecular complexity index is 971. The molecule has 4 N–H and O–H groups in total. The third-order valence-electron chi connectivity index (χ3n) is 6.09. The van der Waals surface area contributed by atoms with Gasteiger partial charge >= 0.3 is 5.97 Å². The third kappa shape index (κ3) is 2.48. The molecule has 0 amide bonds. The number of esters is 1. The predicted molar refractivity (Wildman–Crippen MR) is 101 cm³/mol. The van der Waals surface area contributed by atoms with Gasteiger partial charge in [-0.15, -0.1) is 0 Å². The van der Waals surface area contributed by atoms with Crippen molar-refractivity contribution in [2.45, 2.75) is 37.2 Å². The first-order valence-corrected chi connectivity index (χ1v) is 9.56. The number of carbonyl (C=O) groups excluding carboxylic acids is 1. The number of anilines is 2. The fourth-order valence-electron chi connectivity index (χ4n) is 4.73. The van der Waals surface area contributed by atoms with E-state index in [-0.39, 0.29) is 6.04 Å². The van der Waals surface area contributed by atoms with Gasteiger partial charge in [0.1, 0.15) is 30.2 Å². The van der Waals surface area contributed by atoms with Gasteiger partial charge in [-0.05, 0) is 25.0 Å². The zero-order valence-corrected chi connectivity index (χ0v) is 15.6. The first-order chi connectivity index (χ1) is 13.5. The molecular formula is C19H19ClN4O4. The number of ether oxygens (including phenoxy) is 1. The molecule has 1 aromatic carbocycles. The second-order valence-electron chi connectivity index (χ2n) is 7.51. The molecule has 9 heteroatoms. The molecule has 1 fully saturated rings. The number of cyclic esters (lactones) is 1. The number of fused-ring (bicyclic) bond motifs is 2. The van der Waals surface area contributed by atoms with Crippen LogP contribution in [-0.2, 0) is 11.2 Å². The predicted octanol–water partition coefficient (Wildman–Crippen LogP) is 1.10. The normalized spacial score (nSPS) is 31.0. The van der Waals surface area contributed by atoms with Gasteiger partial charge in [0.25, 0.3) is 0 Å². The Morgan fingerprint density at radius 2 is 2.07 bits per heavy atom. The number of aliphatic hydroxyl groups excluding tert-OH is 2. The summed E-state index contributed by atoms with van der Waals surface area (Å²) in [5.41, 5.74) is 7.91. The molecule has 28 heavy (non-hydrogen) atoms. The highest BCUT2D eigenvalue weighted by Crippen LogP contribution is 2.46. The summed E-state index contributed by atoms with van der Waals surface area (Å²) < 4.78 is 5.56. The Hall–Kier alpha value is -2.42. The van der Waals surface area contributed by atoms with E-state index >= 15 is 0 Å². The van der Waals surface area contributed by atoms with Crippen LogP contribution in [0, 0.1) is 5.92 Å². The molecule has 3 heterocycles. The standard InChI is InChI=1S/C19H19ClN4O4/c20-8-1-2-9-11(5-8)19(27)28-16(9)12-6-13(15(26)14(12)25)24-4-3-10-17(21)22-7-23-18(10)24/h1-2,5,7,12-16,25-26H,3-4,6H2,(H2,21,22,23)/t12-,13+,14+,15-,16-/m0/s1. The van der Waals surface area contributed by atoms with E-state index in [2.05, 4.69) is 9.97 Å². The van der Waals surface area contributed by atoms with E-state index in [4.69, 9.17) is 22.1 Å². The molecule has 1 aromatic heterocycles. The average molecular weight is 403 g/mol. The number of aliphatic hydroxyl groups is 2. The van der Waals surface area contributed by atoms with Gasteiger partial charge in [0.15, 0.2) is 0 Å². The first kappa shape index (κ1) is 17.7. The molecule has 1 saturated carbocycles. The van der Waals surface area contributed by atoms with Crippen molar-refractivity contribution in [1.29, 1.82) is 0 Å². The molecule has 5 atom stereocenters. The van der Waals surface area contributed by atoms with Gasteiger partial charge in [-0.2, -0.15) is 0 Å². The molecule has 2 aromatic rings. The summed E-state index contributed by atoms with van der Waals surface area (Å²) in [5, 5.41) is 22.0. The maximum atomic E-state index is 12.2. The van der Waals surface area contributed by atoms with Gasteiger partial charge in [0.05, 0.1) is 17.7 Å². The Morgan fingerprint density at radius 3 is 2.89 bits per heavy atom. The van der Waals surface area contributed by atoms with Gasteiger partial charge in [0, 0.05) is 28.6 Å². The van der Waals surface area contributed by atoms with Crippen molar-refractivity contribution in [2.75, 3.05) is 17.2 Å². The van der Waals surface area contributed by atoms with Crippen LogP contribution in [0.15, 0.2) is 24.5 Å². The fraction of sp³-hybridized carbons (Fsp3) is 0.421. The topological polar surface area (TPSA) is 122 Å². The molecule has 146 valence electrons. The Morgan fingerprint density at radius 1 is 1.25 bits per heavy atom. The van der Waals surface area contributed by atoms with Crippen LogP contribution in [0.1, 0.15) is 34.0 Å². The van der Waals surface area contributed by atoms with E-state index < -0.39 is 30.2 Å². The highest BCUT2D eigenvalue weighted by atomic mass is 35.5. The zero-order valence-electron chi connectivity index (χ0n) is 14.8. The highest BCUT2D eigenvalue weighted by Gasteiger charge is 2.52. The summed E-state index contributed by atoms with van der Waals surface area (Å²) in [6, 6.07) is 4.66. The Balaban J connectivity index is 1.45. The van der Waals surface area contributed by atoms with Crippen LogP contribution in [0.25, 0.3) is 0 Å². The lowest BCUT2D eigenvalue weighted by Gasteiger charge is -2.28. The van der Waals surface area contributed by atoms with Gasteiger partial charge in [-0.3, -0.25) is 0 Å². The van der Waals surface area contributed by atoms with E-state index in [0.717, 1.165) is 5.56 Å². The number of rotatable bonds is 2. The third-order valence-corrected chi connectivity index (χ3v) is 6.33. The lowest BCUT2D eigenvalue weighted by atomic mass is 9.91. The van der Waals surface area contributed by atoms with Crippen LogP contribution in [-0.4, -0.2) is 50.9 Å². The molecule has 0 saturated heterocycles. The van der Waals surface area contributed by atoms with Crippen LogP contribution in [0.4, 0.5) is 11.6 Å². The summed E-state index contributed by atoms with van der Waals surface area (Å²) in [6.07, 6.45) is -0.112. The fourth-order valence-corrected chi connectivity index (χ4v) is 4.90. The van der Waals surface area contributed by atoms with Gasteiger partial charge in [0.2, 0.25) is 0 Å². The van der Waals surface area contributed by atoms with Crippen molar-refractivity contribution < 1.29 is 19.7 Å². The maximum Gasteiger partial charge on any atom is 0.339 e. The van der Waals surface area contributed by atoms with Gasteiger partial charge in [-0.1, -0.05) is 17.7 Å². The summed E-state index contributed by atoms with van der Waals surface area (Å²) in [5.74, 6) is 0.238. The second kappa shape index (κ2) is 6.30. The van der Waals surface area contributed by atoms with Crippen molar-refractivity contribution in [3.05, 3.63) is 46.2 Å². The van der Waals surface area contributed by atoms with Crippen molar-refractivity contribution in [1.82, 2.24) is 9.97 Å². The molecule has 0 bridgehead atoms. The maximum absolute atomic E-state index is 12.2. The molecule has 0 unspecified atom stereocenters. The summed E-state index contributed by atoms with van der Waals surface area (Å²) in [6.45, 7) is 0.635. The lowest BCUT2D eigenvalue weighted by Crippen LogP contribution is -2.43. The number of carbonyl (C=O) groups is 1. The minimum atomic E-state index is -1.03. The summed E-state index contributed by atoms with van der Waals surface area (Å²) in [7, 11) is 0. The SMILES string of the molecule is Nc1ncnc2c1CCN2[C@@H]1C[C@H]([C@H]2OC(=O)c3cc(Cl)ccc32)[C@@H](O)[C@H]1O. The molecule has 0 spiro atoms. The van der Waals surface area contributed by atoms with E-state index in [1.54, 1.807) is 18.2 Å². The van der Waals surface area contributed by atoms with Crippen molar-refractivity contribution in [2.24, 2.45) is 5.92 Å². The highest BCUT2D eigenvalue weighted by molar-refractivity contribution is 6.31. The Kier molecular flexibility index (Phi) is 3.97. The van der Waals surface area contributed by atoms with E-state index in [9.17, 15) is 15.0 Å². The second-order valence-corrected chi connectivity index (χ2v) is 7.95. The monoisotopic (exact) mass is 402 g/mol. The minimum Gasteiger partial charge on any atom is -0.453 e. The van der Waals surface area contributed by atoms with Crippen molar-refractivity contribution >= 4 is 29.2 Å². The lowest BCUT2D eigenvalue weighted by molar-refractivity contribution is -0.0310. The molecule has 0 radical (unpaired) electrons. The van der Waals surface area contributed by atoms with Crippen LogP contribution in [0.2, 0.25) is 5.02 Å². The van der Waals surface area contributed by atoms with Gasteiger partial charge in [-0.25, -0.2) is 14.8 Å². The summed E-state index contributed by atoms with van der Waals surface area (Å²) >= 11 is 5.99. The molecule has 5 rings (SSSR count). The van der Waals surface area contributed by atoms with Crippen LogP contribution in [0.3, 0.4) is 0 Å². The number of aromatic nitrogens is 2. The quantitative estimate of drug-likeness (QED) is 0.638. The molecule has 8 nitrogen and oxygen atoms in total. The van der Waals surface area contributed by atoms with Gasteiger partial charge < -0.3 is 25.6 Å². The van der Waals surface area contributed by atoms with Crippen molar-refractivity contribution in [3.63, 3.8) is 0 Å². The number of nitrogen functional groups attached to an aromatic ring is 1. The number of hydrogen-bond donors (Lipinski definition) is 3. The number of nitrogens with zero attached hydrogens (tertiary/aromatic N) is 3. The molecule has 1 aliphatic carbocycles. The van der Waals surface area contributed by atoms with Crippen molar-refractivity contribution in [3.8, 4) is 0 Å². The van der Waals surface area contributed by atoms with E-state index in [0.29, 0.717) is 47.2 Å². The van der Waals surface area contributed by atoms with E-state index in [1.807, 2.05) is 4.90 Å². The van der Waals surface area contributed by atoms with Crippen LogP contribution >= 0.6 is 11.6 Å². The molecular weight excluding hydrogens is 384 g/mol. The first-order valence-electron chi connectivity index (χ1n) is 9.18.